The Morgan fingerprint density at radius 1 is 1.14 bits per heavy atom. The first-order valence-corrected chi connectivity index (χ1v) is 7.23. The molecule has 0 aliphatic rings. The van der Waals surface area contributed by atoms with E-state index >= 15 is 0 Å². The molecule has 2 aromatic rings. The van der Waals surface area contributed by atoms with Crippen molar-refractivity contribution < 1.29 is 9.90 Å². The molecule has 0 aliphatic carbocycles. The van der Waals surface area contributed by atoms with Crippen LogP contribution in [0.3, 0.4) is 0 Å². The summed E-state index contributed by atoms with van der Waals surface area (Å²) in [6.07, 6.45) is 1.94. The number of hydrogen-bond acceptors (Lipinski definition) is 2. The Balaban J connectivity index is 1.98. The third-order valence-electron chi connectivity index (χ3n) is 3.45. The zero-order valence-electron chi connectivity index (χ0n) is 12.3. The summed E-state index contributed by atoms with van der Waals surface area (Å²) in [6.45, 7) is 2.20. The molecule has 0 fully saturated rings. The number of carbonyl (C=O) groups excluding carboxylic acids is 1. The number of amides is 1. The molecule has 0 saturated heterocycles. The van der Waals surface area contributed by atoms with E-state index < -0.39 is 0 Å². The van der Waals surface area contributed by atoms with Crippen LogP contribution in [0.4, 0.5) is 5.69 Å². The minimum atomic E-state index is -0.0105. The lowest BCUT2D eigenvalue weighted by Gasteiger charge is -2.09. The number of nitrogens with one attached hydrogen (secondary N) is 1. The molecule has 2 rings (SSSR count). The van der Waals surface area contributed by atoms with E-state index in [1.54, 1.807) is 0 Å². The van der Waals surface area contributed by atoms with Crippen LogP contribution >= 0.6 is 0 Å². The molecule has 2 aromatic carbocycles. The van der Waals surface area contributed by atoms with Crippen molar-refractivity contribution in [2.75, 3.05) is 11.9 Å². The van der Waals surface area contributed by atoms with Crippen LogP contribution in [0.15, 0.2) is 48.5 Å². The molecule has 1 amide bonds. The van der Waals surface area contributed by atoms with Crippen LogP contribution in [-0.4, -0.2) is 17.6 Å². The molecule has 110 valence electrons. The van der Waals surface area contributed by atoms with E-state index in [4.69, 9.17) is 5.11 Å². The summed E-state index contributed by atoms with van der Waals surface area (Å²) in [5.41, 5.74) is 4.11. The van der Waals surface area contributed by atoms with Crippen molar-refractivity contribution in [3.05, 3.63) is 65.2 Å². The molecular formula is C18H21NO2. The van der Waals surface area contributed by atoms with Crippen molar-refractivity contribution in [2.24, 2.45) is 0 Å². The number of hydrogen-bond donors (Lipinski definition) is 2. The molecule has 3 heteroatoms. The second-order valence-electron chi connectivity index (χ2n) is 5.18. The minimum absolute atomic E-state index is 0.0105. The van der Waals surface area contributed by atoms with Gasteiger partial charge in [-0.25, -0.2) is 0 Å². The standard InChI is InChI=1S/C18H21NO2/c1-14-6-2-3-9-16(14)13-18(21)19-17-10-4-7-15(12-17)8-5-11-20/h2-4,6-7,9-10,12,20H,5,8,11,13H2,1H3,(H,19,21). The van der Waals surface area contributed by atoms with Crippen LogP contribution in [0.1, 0.15) is 23.1 Å². The fourth-order valence-electron chi connectivity index (χ4n) is 2.27. The van der Waals surface area contributed by atoms with E-state index in [0.717, 1.165) is 35.2 Å². The fraction of sp³-hybridized carbons (Fsp3) is 0.278. The molecule has 3 nitrogen and oxygen atoms in total. The van der Waals surface area contributed by atoms with Gasteiger partial charge in [-0.2, -0.15) is 0 Å². The monoisotopic (exact) mass is 283 g/mol. The van der Waals surface area contributed by atoms with Crippen LogP contribution < -0.4 is 5.32 Å². The summed E-state index contributed by atoms with van der Waals surface area (Å²) in [4.78, 5) is 12.1. The lowest BCUT2D eigenvalue weighted by Crippen LogP contribution is -2.15. The third kappa shape index (κ3) is 4.72. The Kier molecular flexibility index (Phi) is 5.52. The van der Waals surface area contributed by atoms with Gasteiger partial charge in [-0.3, -0.25) is 4.79 Å². The highest BCUT2D eigenvalue weighted by molar-refractivity contribution is 5.92. The van der Waals surface area contributed by atoms with Crippen molar-refractivity contribution in [3.8, 4) is 0 Å². The first-order valence-electron chi connectivity index (χ1n) is 7.23. The molecule has 2 N–H and O–H groups in total. The minimum Gasteiger partial charge on any atom is -0.396 e. The van der Waals surface area contributed by atoms with E-state index in [0.29, 0.717) is 6.42 Å². The van der Waals surface area contributed by atoms with Crippen molar-refractivity contribution in [1.82, 2.24) is 0 Å². The van der Waals surface area contributed by atoms with E-state index in [2.05, 4.69) is 5.32 Å². The van der Waals surface area contributed by atoms with Crippen LogP contribution in [0.5, 0.6) is 0 Å². The molecule has 0 spiro atoms. The maximum Gasteiger partial charge on any atom is 0.228 e. The molecule has 0 heterocycles. The highest BCUT2D eigenvalue weighted by atomic mass is 16.2. The van der Waals surface area contributed by atoms with Crippen LogP contribution in [0.25, 0.3) is 0 Å². The predicted octanol–water partition coefficient (Wildman–Crippen LogP) is 3.10. The average Bonchev–Trinajstić information content (AvgIpc) is 2.48. The van der Waals surface area contributed by atoms with E-state index in [-0.39, 0.29) is 12.5 Å². The van der Waals surface area contributed by atoms with Gasteiger partial charge in [0, 0.05) is 12.3 Å². The predicted molar refractivity (Wildman–Crippen MR) is 85.4 cm³/mol. The molecule has 0 radical (unpaired) electrons. The van der Waals surface area contributed by atoms with Crippen LogP contribution in [-0.2, 0) is 17.6 Å². The molecule has 0 bridgehead atoms. The van der Waals surface area contributed by atoms with Gasteiger partial charge in [0.1, 0.15) is 0 Å². The van der Waals surface area contributed by atoms with Gasteiger partial charge in [0.2, 0.25) is 5.91 Å². The number of anilines is 1. The van der Waals surface area contributed by atoms with Crippen molar-refractivity contribution >= 4 is 11.6 Å². The summed E-state index contributed by atoms with van der Waals surface area (Å²) in [5, 5.41) is 11.8. The van der Waals surface area contributed by atoms with Crippen molar-refractivity contribution in [1.29, 1.82) is 0 Å². The van der Waals surface area contributed by atoms with Gasteiger partial charge in [-0.1, -0.05) is 36.4 Å². The number of aliphatic hydroxyl groups excluding tert-OH is 1. The van der Waals surface area contributed by atoms with E-state index in [1.807, 2.05) is 55.5 Å². The lowest BCUT2D eigenvalue weighted by atomic mass is 10.1. The summed E-state index contributed by atoms with van der Waals surface area (Å²) < 4.78 is 0. The Morgan fingerprint density at radius 2 is 1.95 bits per heavy atom. The largest absolute Gasteiger partial charge is 0.396 e. The molecule has 0 saturated carbocycles. The zero-order chi connectivity index (χ0) is 15.1. The Hall–Kier alpha value is -2.13. The molecule has 0 aromatic heterocycles. The maximum absolute atomic E-state index is 12.1. The Labute approximate surface area is 125 Å². The smallest absolute Gasteiger partial charge is 0.228 e. The van der Waals surface area contributed by atoms with E-state index in [9.17, 15) is 4.79 Å². The second-order valence-corrected chi connectivity index (χ2v) is 5.18. The first-order chi connectivity index (χ1) is 10.2. The first kappa shape index (κ1) is 15.3. The SMILES string of the molecule is Cc1ccccc1CC(=O)Nc1cccc(CCCO)c1. The third-order valence-corrected chi connectivity index (χ3v) is 3.45. The number of carbonyl (C=O) groups is 1. The summed E-state index contributed by atoms with van der Waals surface area (Å²) in [6, 6.07) is 15.7. The van der Waals surface area contributed by atoms with Gasteiger partial charge < -0.3 is 10.4 Å². The Bertz CT molecular complexity index is 608. The van der Waals surface area contributed by atoms with Gasteiger partial charge in [0.15, 0.2) is 0 Å². The lowest BCUT2D eigenvalue weighted by molar-refractivity contribution is -0.115. The molecule has 0 aliphatic heterocycles. The normalized spacial score (nSPS) is 10.4. The van der Waals surface area contributed by atoms with Crippen molar-refractivity contribution in [3.63, 3.8) is 0 Å². The Morgan fingerprint density at radius 3 is 2.71 bits per heavy atom. The molecule has 0 unspecified atom stereocenters. The summed E-state index contributed by atoms with van der Waals surface area (Å²) in [7, 11) is 0. The summed E-state index contributed by atoms with van der Waals surface area (Å²) >= 11 is 0. The summed E-state index contributed by atoms with van der Waals surface area (Å²) in [5.74, 6) is -0.0105. The van der Waals surface area contributed by atoms with Gasteiger partial charge >= 0.3 is 0 Å². The second kappa shape index (κ2) is 7.60. The number of aryl methyl sites for hydroxylation is 2. The van der Waals surface area contributed by atoms with Gasteiger partial charge in [-0.05, 0) is 48.6 Å². The highest BCUT2D eigenvalue weighted by Gasteiger charge is 2.06. The van der Waals surface area contributed by atoms with Crippen LogP contribution in [0, 0.1) is 6.92 Å². The number of rotatable bonds is 6. The molecule has 0 atom stereocenters. The van der Waals surface area contributed by atoms with Crippen LogP contribution in [0.2, 0.25) is 0 Å². The van der Waals surface area contributed by atoms with Gasteiger partial charge in [0.25, 0.3) is 0 Å². The number of aliphatic hydroxyl groups is 1. The zero-order valence-corrected chi connectivity index (χ0v) is 12.3. The average molecular weight is 283 g/mol. The number of benzene rings is 2. The van der Waals surface area contributed by atoms with E-state index in [1.165, 1.54) is 0 Å². The van der Waals surface area contributed by atoms with Gasteiger partial charge in [-0.15, -0.1) is 0 Å². The quantitative estimate of drug-likeness (QED) is 0.856. The van der Waals surface area contributed by atoms with Crippen molar-refractivity contribution in [2.45, 2.75) is 26.2 Å². The molecule has 21 heavy (non-hydrogen) atoms. The molecular weight excluding hydrogens is 262 g/mol. The maximum atomic E-state index is 12.1. The highest BCUT2D eigenvalue weighted by Crippen LogP contribution is 2.14. The van der Waals surface area contributed by atoms with Gasteiger partial charge in [0.05, 0.1) is 6.42 Å². The fourth-order valence-corrected chi connectivity index (χ4v) is 2.27. The topological polar surface area (TPSA) is 49.3 Å².